The summed E-state index contributed by atoms with van der Waals surface area (Å²) in [4.78, 5) is 4.22. The third kappa shape index (κ3) is 2.05. The second-order valence-corrected chi connectivity index (χ2v) is 3.58. The van der Waals surface area contributed by atoms with E-state index < -0.39 is 0 Å². The summed E-state index contributed by atoms with van der Waals surface area (Å²) in [6.45, 7) is 1.98. The molecule has 3 nitrogen and oxygen atoms in total. The van der Waals surface area contributed by atoms with Crippen LogP contribution in [0.2, 0.25) is 0 Å². The molecule has 15 heavy (non-hydrogen) atoms. The van der Waals surface area contributed by atoms with Crippen molar-refractivity contribution in [1.82, 2.24) is 9.55 Å². The summed E-state index contributed by atoms with van der Waals surface area (Å²) in [5, 5.41) is 0. The average Bonchev–Trinajstić information content (AvgIpc) is 2.68. The quantitative estimate of drug-likeness (QED) is 0.791. The zero-order chi connectivity index (χ0) is 10.8. The molecule has 0 fully saturated rings. The Labute approximate surface area is 87.4 Å². The van der Waals surface area contributed by atoms with Gasteiger partial charge in [0.2, 0.25) is 0 Å². The number of rotatable bonds is 2. The Kier molecular flexibility index (Phi) is 2.51. The van der Waals surface area contributed by atoms with Crippen LogP contribution < -0.4 is 5.73 Å². The van der Waals surface area contributed by atoms with Gasteiger partial charge in [-0.2, -0.15) is 0 Å². The van der Waals surface area contributed by atoms with Crippen LogP contribution in [0.25, 0.3) is 5.69 Å². The molecule has 1 aromatic heterocycles. The molecule has 3 N–H and O–H groups in total. The zero-order valence-corrected chi connectivity index (χ0v) is 8.52. The van der Waals surface area contributed by atoms with Gasteiger partial charge in [0.05, 0.1) is 6.33 Å². The van der Waals surface area contributed by atoms with Crippen LogP contribution in [-0.2, 0) is 0 Å². The van der Waals surface area contributed by atoms with Crippen molar-refractivity contribution in [3.63, 3.8) is 0 Å². The lowest BCUT2D eigenvalue weighted by molar-refractivity contribution is -0.421. The van der Waals surface area contributed by atoms with Gasteiger partial charge in [0.15, 0.2) is 0 Å². The van der Waals surface area contributed by atoms with Gasteiger partial charge < -0.3 is 10.3 Å². The average molecular weight is 206 g/mol. The summed E-state index contributed by atoms with van der Waals surface area (Å²) in [6, 6.07) is 6.46. The number of aromatic nitrogens is 2. The molecule has 0 bridgehead atoms. The molecule has 1 unspecified atom stereocenters. The molecule has 1 aromatic carbocycles. The van der Waals surface area contributed by atoms with E-state index in [4.69, 9.17) is 0 Å². The molecular weight excluding hydrogens is 193 g/mol. The number of imidazole rings is 1. The van der Waals surface area contributed by atoms with Crippen LogP contribution in [0.4, 0.5) is 4.39 Å². The molecule has 0 amide bonds. The molecule has 1 heterocycles. The first-order valence-electron chi connectivity index (χ1n) is 4.80. The van der Waals surface area contributed by atoms with Crippen molar-refractivity contribution in [2.45, 2.75) is 13.0 Å². The normalized spacial score (nSPS) is 12.7. The van der Waals surface area contributed by atoms with Crippen LogP contribution in [0, 0.1) is 5.82 Å². The highest BCUT2D eigenvalue weighted by Crippen LogP contribution is 2.11. The maximum absolute atomic E-state index is 12.7. The molecule has 1 atom stereocenters. The minimum Gasteiger partial charge on any atom is -0.350 e. The molecule has 0 spiro atoms. The van der Waals surface area contributed by atoms with Crippen LogP contribution in [-0.4, -0.2) is 9.55 Å². The Balaban J connectivity index is 2.33. The fourth-order valence-corrected chi connectivity index (χ4v) is 1.35. The van der Waals surface area contributed by atoms with Gasteiger partial charge in [0.1, 0.15) is 17.6 Å². The highest BCUT2D eigenvalue weighted by Gasteiger charge is 2.06. The van der Waals surface area contributed by atoms with E-state index in [0.717, 1.165) is 11.4 Å². The number of benzene rings is 1. The van der Waals surface area contributed by atoms with Gasteiger partial charge in [-0.1, -0.05) is 0 Å². The van der Waals surface area contributed by atoms with Gasteiger partial charge in [0, 0.05) is 11.9 Å². The Hall–Kier alpha value is -1.68. The van der Waals surface area contributed by atoms with Gasteiger partial charge in [0.25, 0.3) is 0 Å². The Bertz CT molecular complexity index is 445. The van der Waals surface area contributed by atoms with E-state index in [1.54, 1.807) is 18.5 Å². The fraction of sp³-hybridized carbons (Fsp3) is 0.182. The second-order valence-electron chi connectivity index (χ2n) is 3.58. The van der Waals surface area contributed by atoms with Crippen molar-refractivity contribution in [2.24, 2.45) is 0 Å². The Morgan fingerprint density at radius 2 is 2.00 bits per heavy atom. The maximum atomic E-state index is 12.7. The number of hydrogen-bond donors (Lipinski definition) is 1. The van der Waals surface area contributed by atoms with Gasteiger partial charge in [-0.3, -0.25) is 0 Å². The van der Waals surface area contributed by atoms with E-state index in [1.807, 2.05) is 17.7 Å². The van der Waals surface area contributed by atoms with Gasteiger partial charge in [-0.25, -0.2) is 9.37 Å². The molecule has 2 rings (SSSR count). The van der Waals surface area contributed by atoms with E-state index in [1.165, 1.54) is 12.1 Å². The zero-order valence-electron chi connectivity index (χ0n) is 8.52. The number of halogens is 1. The molecule has 78 valence electrons. The van der Waals surface area contributed by atoms with Crippen molar-refractivity contribution in [2.75, 3.05) is 0 Å². The minimum atomic E-state index is -0.232. The van der Waals surface area contributed by atoms with Crippen molar-refractivity contribution in [3.8, 4) is 5.69 Å². The summed E-state index contributed by atoms with van der Waals surface area (Å²) in [7, 11) is 0. The SMILES string of the molecule is CC([NH3+])c1cn(-c2ccc(F)cc2)cn1. The van der Waals surface area contributed by atoms with Gasteiger partial charge >= 0.3 is 0 Å². The fourth-order valence-electron chi connectivity index (χ4n) is 1.35. The largest absolute Gasteiger partial charge is 0.350 e. The van der Waals surface area contributed by atoms with Crippen LogP contribution in [0.5, 0.6) is 0 Å². The van der Waals surface area contributed by atoms with Crippen LogP contribution in [0.1, 0.15) is 18.7 Å². The van der Waals surface area contributed by atoms with Crippen LogP contribution >= 0.6 is 0 Å². The summed E-state index contributed by atoms with van der Waals surface area (Å²) in [6.07, 6.45) is 3.62. The summed E-state index contributed by atoms with van der Waals surface area (Å²) < 4.78 is 14.6. The third-order valence-corrected chi connectivity index (χ3v) is 2.23. The summed E-state index contributed by atoms with van der Waals surface area (Å²) in [5.74, 6) is -0.232. The minimum absolute atomic E-state index is 0.159. The second kappa shape index (κ2) is 3.82. The summed E-state index contributed by atoms with van der Waals surface area (Å²) >= 11 is 0. The Morgan fingerprint density at radius 3 is 2.53 bits per heavy atom. The maximum Gasteiger partial charge on any atom is 0.126 e. The smallest absolute Gasteiger partial charge is 0.126 e. The van der Waals surface area contributed by atoms with E-state index in [0.29, 0.717) is 0 Å². The molecule has 0 aliphatic rings. The lowest BCUT2D eigenvalue weighted by Crippen LogP contribution is -2.51. The molecule has 4 heteroatoms. The first kappa shape index (κ1) is 9.86. The highest BCUT2D eigenvalue weighted by molar-refractivity contribution is 5.32. The van der Waals surface area contributed by atoms with Crippen molar-refractivity contribution in [3.05, 3.63) is 48.3 Å². The topological polar surface area (TPSA) is 45.5 Å². The third-order valence-electron chi connectivity index (χ3n) is 2.23. The van der Waals surface area contributed by atoms with Crippen LogP contribution in [0.3, 0.4) is 0 Å². The summed E-state index contributed by atoms with van der Waals surface area (Å²) in [5.41, 5.74) is 5.72. The molecule has 0 saturated carbocycles. The lowest BCUT2D eigenvalue weighted by atomic mass is 10.3. The van der Waals surface area contributed by atoms with Crippen molar-refractivity contribution in [1.29, 1.82) is 0 Å². The predicted octanol–water partition coefficient (Wildman–Crippen LogP) is 1.31. The molecule has 0 aliphatic heterocycles. The molecular formula is C11H13FN3+. The van der Waals surface area contributed by atoms with Gasteiger partial charge in [-0.05, 0) is 31.2 Å². The molecule has 2 aromatic rings. The number of nitrogens with zero attached hydrogens (tertiary/aromatic N) is 2. The van der Waals surface area contributed by atoms with Crippen molar-refractivity contribution < 1.29 is 10.1 Å². The number of quaternary nitrogens is 1. The monoisotopic (exact) mass is 206 g/mol. The van der Waals surface area contributed by atoms with E-state index in [2.05, 4.69) is 10.7 Å². The Morgan fingerprint density at radius 1 is 1.33 bits per heavy atom. The van der Waals surface area contributed by atoms with Crippen LogP contribution in [0.15, 0.2) is 36.8 Å². The first-order valence-corrected chi connectivity index (χ1v) is 4.80. The predicted molar refractivity (Wildman–Crippen MR) is 54.8 cm³/mol. The lowest BCUT2D eigenvalue weighted by Gasteiger charge is -2.00. The standard InChI is InChI=1S/C11H12FN3/c1-8(13)11-6-15(7-14-11)10-4-2-9(12)3-5-10/h2-8H,13H2,1H3/p+1. The van der Waals surface area contributed by atoms with Gasteiger partial charge in [-0.15, -0.1) is 0 Å². The van der Waals surface area contributed by atoms with E-state index >= 15 is 0 Å². The molecule has 0 saturated heterocycles. The van der Waals surface area contributed by atoms with Crippen molar-refractivity contribution >= 4 is 0 Å². The molecule has 0 aliphatic carbocycles. The molecule has 0 radical (unpaired) electrons. The number of hydrogen-bond acceptors (Lipinski definition) is 1. The first-order chi connectivity index (χ1) is 7.16. The highest BCUT2D eigenvalue weighted by atomic mass is 19.1. The van der Waals surface area contributed by atoms with E-state index in [-0.39, 0.29) is 11.9 Å². The van der Waals surface area contributed by atoms with E-state index in [9.17, 15) is 4.39 Å².